The summed E-state index contributed by atoms with van der Waals surface area (Å²) < 4.78 is 25.2. The molecule has 0 aliphatic heterocycles. The monoisotopic (exact) mass is 504 g/mol. The van der Waals surface area contributed by atoms with Gasteiger partial charge in [-0.25, -0.2) is 9.37 Å². The third-order valence-electron chi connectivity index (χ3n) is 4.01. The molecule has 2 N–H and O–H groups in total. The molecular weight excluding hydrogens is 474 g/mol. The van der Waals surface area contributed by atoms with E-state index in [1.165, 1.54) is 6.07 Å². The van der Waals surface area contributed by atoms with Crippen molar-refractivity contribution in [1.82, 2.24) is 15.6 Å². The highest BCUT2D eigenvalue weighted by molar-refractivity contribution is 14.0. The molecule has 0 saturated carbocycles. The summed E-state index contributed by atoms with van der Waals surface area (Å²) in [5.74, 6) is 1.92. The molecule has 0 aliphatic carbocycles. The molecule has 1 unspecified atom stereocenters. The third-order valence-corrected chi connectivity index (χ3v) is 4.01. The topological polar surface area (TPSA) is 71.7 Å². The lowest BCUT2D eigenvalue weighted by Crippen LogP contribution is -2.42. The number of guanidine groups is 1. The van der Waals surface area contributed by atoms with Crippen molar-refractivity contribution in [2.45, 2.75) is 52.2 Å². The summed E-state index contributed by atoms with van der Waals surface area (Å²) in [6.45, 7) is 9.12. The van der Waals surface area contributed by atoms with Crippen LogP contribution in [0.4, 0.5) is 4.39 Å². The number of ether oxygens (including phenoxy) is 1. The number of hydrogen-bond acceptors (Lipinski definition) is 4. The molecule has 2 aromatic rings. The second kappa shape index (κ2) is 11.2. The lowest BCUT2D eigenvalue weighted by Gasteiger charge is -2.20. The Morgan fingerprint density at radius 3 is 2.57 bits per heavy atom. The molecule has 1 aromatic heterocycles. The van der Waals surface area contributed by atoms with Gasteiger partial charge in [0.05, 0.1) is 19.3 Å². The highest BCUT2D eigenvalue weighted by Gasteiger charge is 2.19. The van der Waals surface area contributed by atoms with E-state index in [0.717, 1.165) is 12.2 Å². The summed E-state index contributed by atoms with van der Waals surface area (Å²) in [6.07, 6.45) is 2.30. The Bertz CT molecular complexity index is 759. The number of hydrogen-bond donors (Lipinski definition) is 2. The molecule has 28 heavy (non-hydrogen) atoms. The van der Waals surface area contributed by atoms with E-state index in [0.29, 0.717) is 24.9 Å². The van der Waals surface area contributed by atoms with Crippen molar-refractivity contribution in [1.29, 1.82) is 0 Å². The minimum atomic E-state index is -0.364. The molecule has 0 radical (unpaired) electrons. The molecule has 0 fully saturated rings. The number of para-hydroxylation sites is 1. The van der Waals surface area contributed by atoms with Crippen molar-refractivity contribution in [2.75, 3.05) is 13.6 Å². The molecular formula is C20H30FIN4O2. The van der Waals surface area contributed by atoms with Gasteiger partial charge < -0.3 is 19.8 Å². The molecule has 0 bridgehead atoms. The summed E-state index contributed by atoms with van der Waals surface area (Å²) in [4.78, 5) is 8.47. The first-order valence-corrected chi connectivity index (χ1v) is 9.14. The number of oxazole rings is 1. The van der Waals surface area contributed by atoms with Gasteiger partial charge in [-0.15, -0.1) is 24.0 Å². The second-order valence-electron chi connectivity index (χ2n) is 7.25. The molecule has 6 nitrogen and oxygen atoms in total. The van der Waals surface area contributed by atoms with E-state index in [1.54, 1.807) is 31.4 Å². The molecule has 0 saturated heterocycles. The standard InChI is InChI=1S/C20H29FN4O2.HI/c1-6-14(26-16-10-8-7-9-15(16)21)11-24-19(22-5)25-13-18-23-12-17(27-18)20(2,3)4;/h7-10,12,14H,6,11,13H2,1-5H3,(H2,22,24,25);1H. The Labute approximate surface area is 183 Å². The average Bonchev–Trinajstić information content (AvgIpc) is 3.11. The highest BCUT2D eigenvalue weighted by Crippen LogP contribution is 2.22. The van der Waals surface area contributed by atoms with E-state index in [-0.39, 0.29) is 47.1 Å². The van der Waals surface area contributed by atoms with E-state index in [1.807, 2.05) is 6.92 Å². The van der Waals surface area contributed by atoms with Crippen LogP contribution in [-0.2, 0) is 12.0 Å². The van der Waals surface area contributed by atoms with Crippen molar-refractivity contribution < 1.29 is 13.5 Å². The summed E-state index contributed by atoms with van der Waals surface area (Å²) in [6, 6.07) is 6.40. The van der Waals surface area contributed by atoms with E-state index in [4.69, 9.17) is 9.15 Å². The second-order valence-corrected chi connectivity index (χ2v) is 7.25. The van der Waals surface area contributed by atoms with Gasteiger partial charge in [-0.2, -0.15) is 0 Å². The zero-order valence-electron chi connectivity index (χ0n) is 17.1. The van der Waals surface area contributed by atoms with Gasteiger partial charge in [0, 0.05) is 12.5 Å². The van der Waals surface area contributed by atoms with Crippen LogP contribution in [0.3, 0.4) is 0 Å². The number of halogens is 2. The van der Waals surface area contributed by atoms with Crippen molar-refractivity contribution in [3.63, 3.8) is 0 Å². The van der Waals surface area contributed by atoms with Crippen LogP contribution in [0.1, 0.15) is 45.8 Å². The maximum atomic E-state index is 13.7. The predicted octanol–water partition coefficient (Wildman–Crippen LogP) is 4.25. The average molecular weight is 504 g/mol. The molecule has 8 heteroatoms. The van der Waals surface area contributed by atoms with Crippen LogP contribution in [0.5, 0.6) is 5.75 Å². The summed E-state index contributed by atoms with van der Waals surface area (Å²) in [7, 11) is 1.68. The van der Waals surface area contributed by atoms with Crippen LogP contribution in [0.15, 0.2) is 39.9 Å². The van der Waals surface area contributed by atoms with E-state index in [9.17, 15) is 4.39 Å². The summed E-state index contributed by atoms with van der Waals surface area (Å²) in [5, 5.41) is 6.35. The SMILES string of the molecule is CCC(CNC(=NC)NCc1ncc(C(C)(C)C)o1)Oc1ccccc1F.I. The number of aliphatic imine (C=N–C) groups is 1. The third kappa shape index (κ3) is 7.29. The van der Waals surface area contributed by atoms with E-state index >= 15 is 0 Å². The van der Waals surface area contributed by atoms with Crippen molar-refractivity contribution in [2.24, 2.45) is 4.99 Å². The fourth-order valence-electron chi connectivity index (χ4n) is 2.32. The van der Waals surface area contributed by atoms with Crippen molar-refractivity contribution in [3.05, 3.63) is 47.9 Å². The van der Waals surface area contributed by atoms with Gasteiger partial charge in [0.2, 0.25) is 5.89 Å². The fraction of sp³-hybridized carbons (Fsp3) is 0.500. The molecule has 0 amide bonds. The molecule has 0 aliphatic rings. The zero-order valence-corrected chi connectivity index (χ0v) is 19.4. The predicted molar refractivity (Wildman–Crippen MR) is 120 cm³/mol. The summed E-state index contributed by atoms with van der Waals surface area (Å²) >= 11 is 0. The van der Waals surface area contributed by atoms with Gasteiger partial charge in [0.1, 0.15) is 11.9 Å². The lowest BCUT2D eigenvalue weighted by atomic mass is 9.94. The van der Waals surface area contributed by atoms with Gasteiger partial charge in [-0.1, -0.05) is 39.8 Å². The Hall–Kier alpha value is -1.84. The quantitative estimate of drug-likeness (QED) is 0.335. The van der Waals surface area contributed by atoms with Crippen molar-refractivity contribution >= 4 is 29.9 Å². The number of rotatable bonds is 7. The van der Waals surface area contributed by atoms with Gasteiger partial charge in [-0.3, -0.25) is 4.99 Å². The number of nitrogens with one attached hydrogen (secondary N) is 2. The normalized spacial score (nSPS) is 12.9. The van der Waals surface area contributed by atoms with Gasteiger partial charge in [-0.05, 0) is 18.6 Å². The maximum Gasteiger partial charge on any atom is 0.213 e. The molecule has 1 atom stereocenters. The summed E-state index contributed by atoms with van der Waals surface area (Å²) in [5.41, 5.74) is -0.0798. The molecule has 0 spiro atoms. The number of nitrogens with zero attached hydrogens (tertiary/aromatic N) is 2. The number of benzene rings is 1. The van der Waals surface area contributed by atoms with Crippen LogP contribution in [0.25, 0.3) is 0 Å². The first kappa shape index (κ1) is 24.2. The van der Waals surface area contributed by atoms with Crippen LogP contribution < -0.4 is 15.4 Å². The smallest absolute Gasteiger partial charge is 0.213 e. The first-order chi connectivity index (χ1) is 12.8. The molecule has 156 valence electrons. The minimum Gasteiger partial charge on any atom is -0.486 e. The highest BCUT2D eigenvalue weighted by atomic mass is 127. The van der Waals surface area contributed by atoms with Crippen molar-refractivity contribution in [3.8, 4) is 5.75 Å². The van der Waals surface area contributed by atoms with Crippen LogP contribution in [0, 0.1) is 5.82 Å². The van der Waals surface area contributed by atoms with Crippen LogP contribution in [-0.4, -0.2) is 30.6 Å². The number of aromatic nitrogens is 1. The lowest BCUT2D eigenvalue weighted by molar-refractivity contribution is 0.191. The Balaban J connectivity index is 0.00000392. The van der Waals surface area contributed by atoms with Crippen LogP contribution >= 0.6 is 24.0 Å². The molecule has 2 rings (SSSR count). The Kier molecular flexibility index (Phi) is 9.71. The molecule has 1 heterocycles. The van der Waals surface area contributed by atoms with Gasteiger partial charge in [0.15, 0.2) is 17.5 Å². The first-order valence-electron chi connectivity index (χ1n) is 9.14. The minimum absolute atomic E-state index is 0. The maximum absolute atomic E-state index is 13.7. The molecule has 1 aromatic carbocycles. The van der Waals surface area contributed by atoms with Crippen LogP contribution in [0.2, 0.25) is 0 Å². The van der Waals surface area contributed by atoms with Gasteiger partial charge in [0.25, 0.3) is 0 Å². The van der Waals surface area contributed by atoms with E-state index in [2.05, 4.69) is 41.4 Å². The zero-order chi connectivity index (χ0) is 19.9. The fourth-order valence-corrected chi connectivity index (χ4v) is 2.32. The van der Waals surface area contributed by atoms with Gasteiger partial charge >= 0.3 is 0 Å². The van der Waals surface area contributed by atoms with E-state index < -0.39 is 0 Å². The Morgan fingerprint density at radius 2 is 2.00 bits per heavy atom. The Morgan fingerprint density at radius 1 is 1.29 bits per heavy atom. The largest absolute Gasteiger partial charge is 0.486 e.